The van der Waals surface area contributed by atoms with E-state index in [1.54, 1.807) is 13.8 Å². The molecule has 0 aromatic rings. The first kappa shape index (κ1) is 16.1. The van der Waals surface area contributed by atoms with Gasteiger partial charge >= 0.3 is 18.1 Å². The van der Waals surface area contributed by atoms with E-state index in [-0.39, 0.29) is 29.8 Å². The van der Waals surface area contributed by atoms with E-state index in [2.05, 4.69) is 0 Å². The SMILES string of the molecule is CCC(C)(C)C(=O)OCOC(=O)OC1C2CC3C(=O)OC1C3C2. The predicted molar refractivity (Wildman–Crippen MR) is 76.0 cm³/mol. The third-order valence-corrected chi connectivity index (χ3v) is 5.45. The molecule has 0 radical (unpaired) electrons. The summed E-state index contributed by atoms with van der Waals surface area (Å²) in [5.74, 6) is -0.333. The normalized spacial score (nSPS) is 34.2. The largest absolute Gasteiger partial charge is 0.511 e. The molecule has 5 unspecified atom stereocenters. The zero-order valence-electron chi connectivity index (χ0n) is 13.6. The van der Waals surface area contributed by atoms with E-state index in [1.165, 1.54) is 0 Å². The van der Waals surface area contributed by atoms with Crippen molar-refractivity contribution in [2.24, 2.45) is 23.2 Å². The Kier molecular flexibility index (Phi) is 3.98. The number of esters is 2. The van der Waals surface area contributed by atoms with Crippen LogP contribution >= 0.6 is 0 Å². The highest BCUT2D eigenvalue weighted by atomic mass is 16.8. The summed E-state index contributed by atoms with van der Waals surface area (Å²) in [5.41, 5.74) is -0.620. The summed E-state index contributed by atoms with van der Waals surface area (Å²) in [6.07, 6.45) is 0.480. The smallest absolute Gasteiger partial charge is 0.458 e. The molecule has 1 aliphatic heterocycles. The van der Waals surface area contributed by atoms with Crippen molar-refractivity contribution in [2.45, 2.75) is 52.2 Å². The summed E-state index contributed by atoms with van der Waals surface area (Å²) in [5, 5.41) is 0. The lowest BCUT2D eigenvalue weighted by Crippen LogP contribution is -2.36. The van der Waals surface area contributed by atoms with Gasteiger partial charge in [-0.05, 0) is 33.1 Å². The van der Waals surface area contributed by atoms with Crippen molar-refractivity contribution in [1.29, 1.82) is 0 Å². The Labute approximate surface area is 134 Å². The van der Waals surface area contributed by atoms with E-state index in [4.69, 9.17) is 18.9 Å². The third kappa shape index (κ3) is 2.77. The van der Waals surface area contributed by atoms with Gasteiger partial charge in [-0.2, -0.15) is 0 Å². The summed E-state index contributed by atoms with van der Waals surface area (Å²) >= 11 is 0. The fourth-order valence-corrected chi connectivity index (χ4v) is 3.68. The first-order chi connectivity index (χ1) is 10.8. The van der Waals surface area contributed by atoms with Gasteiger partial charge in [0.2, 0.25) is 6.79 Å². The van der Waals surface area contributed by atoms with Crippen LogP contribution in [0.5, 0.6) is 0 Å². The topological polar surface area (TPSA) is 88.1 Å². The number of ether oxygens (including phenoxy) is 4. The van der Waals surface area contributed by atoms with Gasteiger partial charge in [0.05, 0.1) is 11.3 Å². The van der Waals surface area contributed by atoms with Crippen LogP contribution in [0.15, 0.2) is 0 Å². The second-order valence-electron chi connectivity index (χ2n) is 7.17. The van der Waals surface area contributed by atoms with Crippen LogP contribution in [-0.4, -0.2) is 37.1 Å². The van der Waals surface area contributed by atoms with E-state index in [0.717, 1.165) is 6.42 Å². The third-order valence-electron chi connectivity index (χ3n) is 5.45. The Bertz CT molecular complexity index is 527. The molecule has 0 N–H and O–H groups in total. The van der Waals surface area contributed by atoms with Crippen molar-refractivity contribution in [1.82, 2.24) is 0 Å². The maximum absolute atomic E-state index is 11.8. The van der Waals surface area contributed by atoms with E-state index < -0.39 is 30.4 Å². The number of carbonyl (C=O) groups excluding carboxylic acids is 3. The molecule has 2 saturated carbocycles. The fraction of sp³-hybridized carbons (Fsp3) is 0.812. The van der Waals surface area contributed by atoms with Gasteiger partial charge in [0.25, 0.3) is 0 Å². The minimum absolute atomic E-state index is 0.0295. The lowest BCUT2D eigenvalue weighted by atomic mass is 9.88. The van der Waals surface area contributed by atoms with Crippen LogP contribution in [0.1, 0.15) is 40.0 Å². The average molecular weight is 326 g/mol. The second-order valence-corrected chi connectivity index (χ2v) is 7.17. The van der Waals surface area contributed by atoms with Crippen molar-refractivity contribution in [3.05, 3.63) is 0 Å². The van der Waals surface area contributed by atoms with E-state index in [9.17, 15) is 14.4 Å². The Morgan fingerprint density at radius 3 is 2.70 bits per heavy atom. The molecule has 7 nitrogen and oxygen atoms in total. The van der Waals surface area contributed by atoms with Crippen molar-refractivity contribution >= 4 is 18.1 Å². The summed E-state index contributed by atoms with van der Waals surface area (Å²) in [7, 11) is 0. The molecule has 7 heteroatoms. The molecular formula is C16H22O7. The highest BCUT2D eigenvalue weighted by Gasteiger charge is 2.63. The van der Waals surface area contributed by atoms with Crippen LogP contribution in [0, 0.1) is 23.2 Å². The summed E-state index contributed by atoms with van der Waals surface area (Å²) in [4.78, 5) is 35.2. The molecule has 23 heavy (non-hydrogen) atoms. The Morgan fingerprint density at radius 2 is 2.00 bits per heavy atom. The first-order valence-corrected chi connectivity index (χ1v) is 8.04. The highest BCUT2D eigenvalue weighted by molar-refractivity contribution is 5.77. The van der Waals surface area contributed by atoms with Gasteiger partial charge in [0, 0.05) is 11.8 Å². The van der Waals surface area contributed by atoms with Gasteiger partial charge in [-0.1, -0.05) is 6.92 Å². The molecule has 2 aliphatic carbocycles. The number of fused-ring (bicyclic) bond motifs is 1. The molecular weight excluding hydrogens is 304 g/mol. The maximum Gasteiger partial charge on any atom is 0.511 e. The summed E-state index contributed by atoms with van der Waals surface area (Å²) < 4.78 is 20.3. The monoisotopic (exact) mass is 326 g/mol. The van der Waals surface area contributed by atoms with Crippen LogP contribution in [0.2, 0.25) is 0 Å². The van der Waals surface area contributed by atoms with E-state index in [0.29, 0.717) is 12.8 Å². The quantitative estimate of drug-likeness (QED) is 0.434. The Morgan fingerprint density at radius 1 is 1.26 bits per heavy atom. The molecule has 128 valence electrons. The van der Waals surface area contributed by atoms with E-state index in [1.807, 2.05) is 6.92 Å². The maximum atomic E-state index is 11.8. The van der Waals surface area contributed by atoms with Gasteiger partial charge in [0.15, 0.2) is 0 Å². The molecule has 0 aromatic carbocycles. The lowest BCUT2D eigenvalue weighted by Gasteiger charge is -2.25. The van der Waals surface area contributed by atoms with Gasteiger partial charge in [-0.15, -0.1) is 0 Å². The van der Waals surface area contributed by atoms with Crippen LogP contribution in [0.3, 0.4) is 0 Å². The minimum Gasteiger partial charge on any atom is -0.458 e. The zero-order chi connectivity index (χ0) is 16.8. The Balaban J connectivity index is 1.44. The molecule has 3 rings (SSSR count). The van der Waals surface area contributed by atoms with Crippen molar-refractivity contribution in [3.63, 3.8) is 0 Å². The van der Waals surface area contributed by atoms with Crippen molar-refractivity contribution in [2.75, 3.05) is 6.79 Å². The number of hydrogen-bond donors (Lipinski definition) is 0. The molecule has 3 aliphatic rings. The predicted octanol–water partition coefficient (Wildman–Crippen LogP) is 2.03. The zero-order valence-corrected chi connectivity index (χ0v) is 13.6. The molecule has 0 amide bonds. The highest BCUT2D eigenvalue weighted by Crippen LogP contribution is 2.55. The number of rotatable bonds is 5. The van der Waals surface area contributed by atoms with Gasteiger partial charge < -0.3 is 18.9 Å². The molecule has 0 spiro atoms. The molecule has 0 aromatic heterocycles. The Hall–Kier alpha value is -1.79. The molecule has 2 bridgehead atoms. The van der Waals surface area contributed by atoms with E-state index >= 15 is 0 Å². The van der Waals surface area contributed by atoms with Crippen LogP contribution < -0.4 is 0 Å². The van der Waals surface area contributed by atoms with Crippen molar-refractivity contribution in [3.8, 4) is 0 Å². The van der Waals surface area contributed by atoms with Crippen LogP contribution in [0.25, 0.3) is 0 Å². The lowest BCUT2D eigenvalue weighted by molar-refractivity contribution is -0.165. The first-order valence-electron chi connectivity index (χ1n) is 8.04. The van der Waals surface area contributed by atoms with Crippen LogP contribution in [0.4, 0.5) is 4.79 Å². The van der Waals surface area contributed by atoms with Gasteiger partial charge in [0.1, 0.15) is 12.2 Å². The van der Waals surface area contributed by atoms with Gasteiger partial charge in [-0.3, -0.25) is 9.59 Å². The number of hydrogen-bond acceptors (Lipinski definition) is 7. The molecule has 5 atom stereocenters. The van der Waals surface area contributed by atoms with Crippen molar-refractivity contribution < 1.29 is 33.3 Å². The average Bonchev–Trinajstić information content (AvgIpc) is 3.12. The molecule has 1 heterocycles. The number of carbonyl (C=O) groups is 3. The second kappa shape index (κ2) is 5.69. The molecule has 1 saturated heterocycles. The van der Waals surface area contributed by atoms with Gasteiger partial charge in [-0.25, -0.2) is 4.79 Å². The summed E-state index contributed by atoms with van der Waals surface area (Å²) in [6, 6.07) is 0. The fourth-order valence-electron chi connectivity index (χ4n) is 3.68. The summed E-state index contributed by atoms with van der Waals surface area (Å²) in [6.45, 7) is 4.91. The minimum atomic E-state index is -0.899. The van der Waals surface area contributed by atoms with Crippen LogP contribution in [-0.2, 0) is 28.5 Å². The standard InChI is InChI=1S/C16H22O7/c1-4-16(2,3)14(18)20-7-21-15(19)23-11-8-5-9-10(6-8)13(17)22-12(9)11/h8-12H,4-7H2,1-3H3. The molecule has 3 fully saturated rings.